The molecule has 0 spiro atoms. The van der Waals surface area contributed by atoms with Crippen LogP contribution in [-0.2, 0) is 51.3 Å². The van der Waals surface area contributed by atoms with Gasteiger partial charge in [0, 0.05) is 38.1 Å². The number of hydrogen-bond acceptors (Lipinski definition) is 13. The van der Waals surface area contributed by atoms with E-state index in [-0.39, 0.29) is 23.4 Å². The molecule has 5 aromatic rings. The SMILES string of the molecule is CC(=O)O[C@H](C(=O)O)C1[C@@H]([C@@H](C)OC(=O)OCc2ccc([N+](=O)[O-])cc2)C(=O)N1C(C(=O)OCc1ccc([N+](=O)[O-])cc1)=P(c1ccccc1)(c1ccccc1)c1ccccc1. The Morgan fingerprint density at radius 3 is 1.48 bits per heavy atom. The van der Waals surface area contributed by atoms with Gasteiger partial charge in [-0.3, -0.25) is 34.7 Å². The van der Waals surface area contributed by atoms with E-state index < -0.39 is 77.5 Å². The van der Waals surface area contributed by atoms with Crippen LogP contribution in [0.5, 0.6) is 0 Å². The van der Waals surface area contributed by atoms with E-state index in [1.54, 1.807) is 91.0 Å². The summed E-state index contributed by atoms with van der Waals surface area (Å²) >= 11 is 0. The van der Waals surface area contributed by atoms with Crippen molar-refractivity contribution >= 4 is 69.6 Å². The second-order valence-corrected chi connectivity index (χ2v) is 17.2. The number of esters is 2. The normalized spacial score (nSPS) is 15.5. The smallest absolute Gasteiger partial charge is 0.478 e. The largest absolute Gasteiger partial charge is 0.508 e. The maximum atomic E-state index is 15.2. The molecule has 1 fully saturated rings. The summed E-state index contributed by atoms with van der Waals surface area (Å²) in [7, 11) is 0. The third-order valence-corrected chi connectivity index (χ3v) is 14.3. The number of β-lactam (4-membered cyclic amide) rings is 1. The number of non-ortho nitro benzene ring substituents is 2. The molecule has 62 heavy (non-hydrogen) atoms. The van der Waals surface area contributed by atoms with Crippen molar-refractivity contribution in [3.8, 4) is 0 Å². The molecule has 318 valence electrons. The van der Waals surface area contributed by atoms with Crippen LogP contribution in [0.25, 0.3) is 0 Å². The van der Waals surface area contributed by atoms with E-state index >= 15 is 4.79 Å². The summed E-state index contributed by atoms with van der Waals surface area (Å²) in [5.41, 5.74) is 0.0500. The van der Waals surface area contributed by atoms with E-state index in [4.69, 9.17) is 18.9 Å². The number of nitro benzene ring substituents is 2. The molecule has 1 amide bonds. The maximum absolute atomic E-state index is 15.2. The van der Waals surface area contributed by atoms with Crippen LogP contribution < -0.4 is 15.9 Å². The van der Waals surface area contributed by atoms with Gasteiger partial charge in [0.25, 0.3) is 11.4 Å². The second-order valence-electron chi connectivity index (χ2n) is 13.9. The second kappa shape index (κ2) is 19.2. The van der Waals surface area contributed by atoms with Crippen LogP contribution in [0, 0.1) is 26.1 Å². The lowest BCUT2D eigenvalue weighted by atomic mass is 9.79. The van der Waals surface area contributed by atoms with Gasteiger partial charge in [-0.25, -0.2) is 14.4 Å². The highest BCUT2D eigenvalue weighted by Gasteiger charge is 2.61. The molecule has 1 aliphatic rings. The van der Waals surface area contributed by atoms with E-state index in [0.29, 0.717) is 27.0 Å². The Kier molecular flexibility index (Phi) is 13.6. The number of aliphatic carboxylic acids is 1. The lowest BCUT2D eigenvalue weighted by molar-refractivity contribution is -0.385. The third-order valence-electron chi connectivity index (χ3n) is 10.0. The van der Waals surface area contributed by atoms with Crippen LogP contribution >= 0.6 is 6.89 Å². The molecule has 1 heterocycles. The molecular formula is C44H38N3O14P. The monoisotopic (exact) mass is 863 g/mol. The molecule has 0 aromatic heterocycles. The molecule has 1 N–H and O–H groups in total. The molecule has 1 aliphatic heterocycles. The number of benzene rings is 5. The van der Waals surface area contributed by atoms with Crippen molar-refractivity contribution in [1.82, 2.24) is 4.90 Å². The van der Waals surface area contributed by atoms with Gasteiger partial charge in [-0.15, -0.1) is 0 Å². The van der Waals surface area contributed by atoms with Gasteiger partial charge >= 0.3 is 24.1 Å². The molecule has 0 aliphatic carbocycles. The first-order chi connectivity index (χ1) is 29.7. The van der Waals surface area contributed by atoms with Gasteiger partial charge in [0.2, 0.25) is 12.0 Å². The molecule has 4 atom stereocenters. The lowest BCUT2D eigenvalue weighted by Gasteiger charge is -2.52. The van der Waals surface area contributed by atoms with Crippen LogP contribution in [0.15, 0.2) is 140 Å². The number of carboxylic acid groups (broad SMARTS) is 1. The van der Waals surface area contributed by atoms with Crippen molar-refractivity contribution in [1.29, 1.82) is 0 Å². The number of amides is 1. The van der Waals surface area contributed by atoms with Crippen LogP contribution in [0.2, 0.25) is 0 Å². The zero-order valence-electron chi connectivity index (χ0n) is 33.0. The molecule has 0 bridgehead atoms. The van der Waals surface area contributed by atoms with Crippen LogP contribution in [0.1, 0.15) is 25.0 Å². The first-order valence-corrected chi connectivity index (χ1v) is 20.7. The number of nitrogens with zero attached hydrogens (tertiary/aromatic N) is 3. The minimum absolute atomic E-state index is 0.186. The fraction of sp³-hybridized carbons (Fsp3) is 0.182. The number of carbonyl (C=O) groups is 5. The number of ether oxygens (including phenoxy) is 4. The fourth-order valence-corrected chi connectivity index (χ4v) is 11.6. The van der Waals surface area contributed by atoms with Crippen molar-refractivity contribution in [2.45, 2.75) is 45.3 Å². The standard InChI is InChI=1S/C44H38N3O14P/c1-28(60-44(53)59-27-31-20-24-33(25-21-31)47(56)57)37-38(39(42(50)51)61-29(2)48)45(40(37)49)41(43(52)58-26-30-18-22-32(23-19-30)46(54)55)62(34-12-6-3-7-13-34,35-14-8-4-9-15-35)36-16-10-5-11-17-36/h3-25,28,37-39H,26-27H2,1-2H3,(H,50,51)/t28-,37-,38?,39+/m1/s1. The highest BCUT2D eigenvalue weighted by atomic mass is 31.2. The van der Waals surface area contributed by atoms with Gasteiger partial charge in [-0.1, -0.05) is 91.0 Å². The number of rotatable bonds is 16. The lowest BCUT2D eigenvalue weighted by Crippen LogP contribution is -2.73. The Labute approximate surface area is 353 Å². The molecular weight excluding hydrogens is 825 g/mol. The van der Waals surface area contributed by atoms with Crippen molar-refractivity contribution in [3.63, 3.8) is 0 Å². The zero-order valence-corrected chi connectivity index (χ0v) is 33.9. The van der Waals surface area contributed by atoms with E-state index in [2.05, 4.69) is 0 Å². The minimum Gasteiger partial charge on any atom is -0.478 e. The average molecular weight is 864 g/mol. The molecule has 1 unspecified atom stereocenters. The van der Waals surface area contributed by atoms with Gasteiger partial charge in [-0.2, -0.15) is 0 Å². The Balaban J connectivity index is 1.52. The Bertz CT molecular complexity index is 2430. The van der Waals surface area contributed by atoms with Crippen LogP contribution in [0.4, 0.5) is 16.2 Å². The zero-order chi connectivity index (χ0) is 44.6. The summed E-state index contributed by atoms with van der Waals surface area (Å²) in [4.78, 5) is 91.1. The average Bonchev–Trinajstić information content (AvgIpc) is 3.27. The number of nitro groups is 2. The Hall–Kier alpha value is -7.65. The molecule has 18 heteroatoms. The van der Waals surface area contributed by atoms with Crippen molar-refractivity contribution in [3.05, 3.63) is 171 Å². The predicted octanol–water partition coefficient (Wildman–Crippen LogP) is 5.26. The molecule has 5 aromatic carbocycles. The van der Waals surface area contributed by atoms with Gasteiger partial charge in [0.05, 0.1) is 9.85 Å². The van der Waals surface area contributed by atoms with E-state index in [1.807, 2.05) is 0 Å². The van der Waals surface area contributed by atoms with E-state index in [9.17, 15) is 44.5 Å². The number of carbonyl (C=O) groups excluding carboxylic acids is 4. The first-order valence-electron chi connectivity index (χ1n) is 18.9. The Morgan fingerprint density at radius 1 is 0.677 bits per heavy atom. The van der Waals surface area contributed by atoms with Gasteiger partial charge in [-0.05, 0) is 58.2 Å². The molecule has 17 nitrogen and oxygen atoms in total. The van der Waals surface area contributed by atoms with E-state index in [0.717, 1.165) is 11.8 Å². The number of hydrogen-bond donors (Lipinski definition) is 1. The predicted molar refractivity (Wildman–Crippen MR) is 224 cm³/mol. The van der Waals surface area contributed by atoms with Crippen molar-refractivity contribution in [2.24, 2.45) is 5.92 Å². The van der Waals surface area contributed by atoms with Gasteiger partial charge in [0.15, 0.2) is 0 Å². The topological polar surface area (TPSA) is 232 Å². The maximum Gasteiger partial charge on any atom is 0.508 e. The van der Waals surface area contributed by atoms with Gasteiger partial charge in [0.1, 0.15) is 36.7 Å². The molecule has 6 rings (SSSR count). The highest BCUT2D eigenvalue weighted by Crippen LogP contribution is 2.50. The third kappa shape index (κ3) is 9.22. The molecule has 1 saturated heterocycles. The van der Waals surface area contributed by atoms with E-state index in [1.165, 1.54) is 55.5 Å². The number of likely N-dealkylation sites (tertiary alicyclic amines) is 1. The van der Waals surface area contributed by atoms with Crippen LogP contribution in [-0.4, -0.2) is 73.5 Å². The summed E-state index contributed by atoms with van der Waals surface area (Å²) in [6.07, 6.45) is -4.83. The molecule has 0 radical (unpaired) electrons. The summed E-state index contributed by atoms with van der Waals surface area (Å²) < 4.78 is 22.1. The number of carboxylic acids is 1. The Morgan fingerprint density at radius 2 is 1.10 bits per heavy atom. The quantitative estimate of drug-likeness (QED) is 0.0333. The van der Waals surface area contributed by atoms with Crippen LogP contribution in [0.3, 0.4) is 0 Å². The van der Waals surface area contributed by atoms with Gasteiger partial charge < -0.3 is 24.1 Å². The summed E-state index contributed by atoms with van der Waals surface area (Å²) in [5.74, 6) is -6.18. The first kappa shape index (κ1) is 43.9. The van der Waals surface area contributed by atoms with Crippen molar-refractivity contribution in [2.75, 3.05) is 0 Å². The summed E-state index contributed by atoms with van der Waals surface area (Å²) in [5, 5.41) is 34.7. The minimum atomic E-state index is -3.65. The molecule has 0 saturated carbocycles. The summed E-state index contributed by atoms with van der Waals surface area (Å²) in [6.45, 7) is -2.17. The highest BCUT2D eigenvalue weighted by molar-refractivity contribution is 7.96. The fourth-order valence-electron chi connectivity index (χ4n) is 7.23. The summed E-state index contributed by atoms with van der Waals surface area (Å²) in [6, 6.07) is 35.1. The van der Waals surface area contributed by atoms with Crippen molar-refractivity contribution < 1.29 is 57.9 Å².